The lowest BCUT2D eigenvalue weighted by Gasteiger charge is -2.22. The number of guanidine groups is 1. The number of aryl methyl sites for hydroxylation is 1. The SMILES string of the molecule is CCc1ccc(C(C)NC(=NCC(=O)N(C)C)NC(C)CC)cc1. The van der Waals surface area contributed by atoms with Crippen molar-refractivity contribution in [2.24, 2.45) is 4.99 Å². The predicted octanol–water partition coefficient (Wildman–Crippen LogP) is 2.73. The molecule has 0 aliphatic rings. The van der Waals surface area contributed by atoms with Gasteiger partial charge in [-0.2, -0.15) is 0 Å². The van der Waals surface area contributed by atoms with Gasteiger partial charge in [0.05, 0.1) is 6.04 Å². The average Bonchev–Trinajstić information content (AvgIpc) is 2.58. The third kappa shape index (κ3) is 6.60. The highest BCUT2D eigenvalue weighted by Crippen LogP contribution is 2.13. The van der Waals surface area contributed by atoms with Crippen molar-refractivity contribution < 1.29 is 4.79 Å². The number of nitrogens with zero attached hydrogens (tertiary/aromatic N) is 2. The van der Waals surface area contributed by atoms with Crippen molar-refractivity contribution in [2.45, 2.75) is 52.6 Å². The summed E-state index contributed by atoms with van der Waals surface area (Å²) in [5.41, 5.74) is 2.53. The number of hydrogen-bond donors (Lipinski definition) is 2. The lowest BCUT2D eigenvalue weighted by Crippen LogP contribution is -2.43. The first-order valence-electron chi connectivity index (χ1n) is 8.73. The summed E-state index contributed by atoms with van der Waals surface area (Å²) in [4.78, 5) is 17.8. The molecule has 1 rings (SSSR count). The zero-order chi connectivity index (χ0) is 18.1. The quantitative estimate of drug-likeness (QED) is 0.596. The number of benzene rings is 1. The van der Waals surface area contributed by atoms with Gasteiger partial charge in [0.1, 0.15) is 6.54 Å². The number of nitrogens with one attached hydrogen (secondary N) is 2. The van der Waals surface area contributed by atoms with Crippen LogP contribution in [0.4, 0.5) is 0 Å². The van der Waals surface area contributed by atoms with E-state index >= 15 is 0 Å². The summed E-state index contributed by atoms with van der Waals surface area (Å²) in [6.45, 7) is 8.61. The third-order valence-electron chi connectivity index (χ3n) is 4.11. The second-order valence-electron chi connectivity index (χ2n) is 6.37. The van der Waals surface area contributed by atoms with E-state index in [9.17, 15) is 4.79 Å². The van der Waals surface area contributed by atoms with Crippen LogP contribution in [0, 0.1) is 0 Å². The van der Waals surface area contributed by atoms with E-state index in [4.69, 9.17) is 0 Å². The number of rotatable bonds is 7. The van der Waals surface area contributed by atoms with Crippen LogP contribution >= 0.6 is 0 Å². The van der Waals surface area contributed by atoms with E-state index in [2.05, 4.69) is 67.6 Å². The number of hydrogen-bond acceptors (Lipinski definition) is 2. The van der Waals surface area contributed by atoms with E-state index in [1.807, 2.05) is 0 Å². The van der Waals surface area contributed by atoms with Crippen LogP contribution in [0.3, 0.4) is 0 Å². The molecule has 2 unspecified atom stereocenters. The molecule has 1 aromatic rings. The van der Waals surface area contributed by atoms with Crippen molar-refractivity contribution in [3.63, 3.8) is 0 Å². The highest BCUT2D eigenvalue weighted by molar-refractivity contribution is 5.85. The first-order chi connectivity index (χ1) is 11.4. The molecule has 0 fully saturated rings. The van der Waals surface area contributed by atoms with Crippen LogP contribution in [0.25, 0.3) is 0 Å². The topological polar surface area (TPSA) is 56.7 Å². The molecular weight excluding hydrogens is 300 g/mol. The first kappa shape index (κ1) is 20.0. The molecule has 2 N–H and O–H groups in total. The maximum Gasteiger partial charge on any atom is 0.243 e. The third-order valence-corrected chi connectivity index (χ3v) is 4.11. The Balaban J connectivity index is 2.81. The van der Waals surface area contributed by atoms with Gasteiger partial charge in [0.2, 0.25) is 5.91 Å². The van der Waals surface area contributed by atoms with E-state index in [1.54, 1.807) is 19.0 Å². The van der Waals surface area contributed by atoms with Gasteiger partial charge in [0.25, 0.3) is 0 Å². The Bertz CT molecular complexity index is 537. The molecule has 0 spiro atoms. The highest BCUT2D eigenvalue weighted by Gasteiger charge is 2.11. The summed E-state index contributed by atoms with van der Waals surface area (Å²) < 4.78 is 0. The maximum absolute atomic E-state index is 11.8. The van der Waals surface area contributed by atoms with Crippen LogP contribution in [-0.4, -0.2) is 43.4 Å². The normalized spacial score (nSPS) is 14.0. The van der Waals surface area contributed by atoms with Gasteiger partial charge in [-0.3, -0.25) is 4.79 Å². The summed E-state index contributed by atoms with van der Waals surface area (Å²) in [6.07, 6.45) is 2.03. The van der Waals surface area contributed by atoms with Gasteiger partial charge >= 0.3 is 0 Å². The van der Waals surface area contributed by atoms with Crippen molar-refractivity contribution in [1.29, 1.82) is 0 Å². The minimum absolute atomic E-state index is 0.0137. The monoisotopic (exact) mass is 332 g/mol. The lowest BCUT2D eigenvalue weighted by atomic mass is 10.1. The largest absolute Gasteiger partial charge is 0.354 e. The molecule has 134 valence electrons. The summed E-state index contributed by atoms with van der Waals surface area (Å²) in [7, 11) is 3.48. The van der Waals surface area contributed by atoms with Crippen molar-refractivity contribution in [3.05, 3.63) is 35.4 Å². The highest BCUT2D eigenvalue weighted by atomic mass is 16.2. The second-order valence-corrected chi connectivity index (χ2v) is 6.37. The molecule has 24 heavy (non-hydrogen) atoms. The van der Waals surface area contributed by atoms with Gasteiger partial charge in [-0.1, -0.05) is 38.1 Å². The Kier molecular flexibility index (Phi) is 8.30. The van der Waals surface area contributed by atoms with E-state index in [1.165, 1.54) is 11.1 Å². The Morgan fingerprint density at radius 2 is 1.75 bits per heavy atom. The predicted molar refractivity (Wildman–Crippen MR) is 101 cm³/mol. The Morgan fingerprint density at radius 1 is 1.12 bits per heavy atom. The van der Waals surface area contributed by atoms with Crippen molar-refractivity contribution >= 4 is 11.9 Å². The molecule has 2 atom stereocenters. The zero-order valence-electron chi connectivity index (χ0n) is 15.9. The molecule has 0 saturated heterocycles. The molecule has 0 aliphatic carbocycles. The van der Waals surface area contributed by atoms with Gasteiger partial charge in [-0.05, 0) is 37.8 Å². The summed E-state index contributed by atoms with van der Waals surface area (Å²) in [5, 5.41) is 6.75. The Morgan fingerprint density at radius 3 is 2.25 bits per heavy atom. The molecule has 0 heterocycles. The fraction of sp³-hybridized carbons (Fsp3) is 0.579. The standard InChI is InChI=1S/C19H32N4O/c1-7-14(3)21-19(20-13-18(24)23(5)6)22-15(4)17-11-9-16(8-2)10-12-17/h9-12,14-15H,7-8,13H2,1-6H3,(H2,20,21,22). The number of likely N-dealkylation sites (N-methyl/N-ethyl adjacent to an activating group) is 1. The van der Waals surface area contributed by atoms with Crippen molar-refractivity contribution in [3.8, 4) is 0 Å². The molecule has 5 heteroatoms. The van der Waals surface area contributed by atoms with Crippen LogP contribution in [0.15, 0.2) is 29.3 Å². The van der Waals surface area contributed by atoms with Gasteiger partial charge in [-0.25, -0.2) is 4.99 Å². The van der Waals surface area contributed by atoms with Gasteiger partial charge in [0.15, 0.2) is 5.96 Å². The lowest BCUT2D eigenvalue weighted by molar-refractivity contribution is -0.127. The van der Waals surface area contributed by atoms with E-state index in [0.29, 0.717) is 12.0 Å². The fourth-order valence-electron chi connectivity index (χ4n) is 2.09. The summed E-state index contributed by atoms with van der Waals surface area (Å²) >= 11 is 0. The van der Waals surface area contributed by atoms with Crippen LogP contribution in [-0.2, 0) is 11.2 Å². The molecule has 0 aliphatic heterocycles. The van der Waals surface area contributed by atoms with Crippen LogP contribution in [0.1, 0.15) is 51.3 Å². The molecule has 0 saturated carbocycles. The molecule has 0 bridgehead atoms. The maximum atomic E-state index is 11.8. The number of aliphatic imine (C=N–C) groups is 1. The van der Waals surface area contributed by atoms with Crippen molar-refractivity contribution in [1.82, 2.24) is 15.5 Å². The molecule has 0 aromatic heterocycles. The van der Waals surface area contributed by atoms with Gasteiger partial charge in [-0.15, -0.1) is 0 Å². The Hall–Kier alpha value is -2.04. The summed E-state index contributed by atoms with van der Waals surface area (Å²) in [6, 6.07) is 9.00. The second kappa shape index (κ2) is 9.96. The van der Waals surface area contributed by atoms with E-state index in [-0.39, 0.29) is 18.5 Å². The minimum Gasteiger partial charge on any atom is -0.354 e. The van der Waals surface area contributed by atoms with Crippen LogP contribution in [0.5, 0.6) is 0 Å². The van der Waals surface area contributed by atoms with Gasteiger partial charge in [0, 0.05) is 20.1 Å². The van der Waals surface area contributed by atoms with Crippen LogP contribution in [0.2, 0.25) is 0 Å². The number of carbonyl (C=O) groups excluding carboxylic acids is 1. The summed E-state index contributed by atoms with van der Waals surface area (Å²) in [5.74, 6) is 0.659. The van der Waals surface area contributed by atoms with Crippen molar-refractivity contribution in [2.75, 3.05) is 20.6 Å². The zero-order valence-corrected chi connectivity index (χ0v) is 15.9. The van der Waals surface area contributed by atoms with Gasteiger partial charge < -0.3 is 15.5 Å². The minimum atomic E-state index is -0.0137. The molecule has 0 radical (unpaired) electrons. The molecule has 1 amide bonds. The number of amides is 1. The average molecular weight is 332 g/mol. The molecule has 1 aromatic carbocycles. The smallest absolute Gasteiger partial charge is 0.243 e. The first-order valence-corrected chi connectivity index (χ1v) is 8.73. The van der Waals surface area contributed by atoms with Crippen LogP contribution < -0.4 is 10.6 Å². The van der Waals surface area contributed by atoms with E-state index < -0.39 is 0 Å². The Labute approximate surface area is 146 Å². The molecular formula is C19H32N4O. The molecule has 5 nitrogen and oxygen atoms in total. The van der Waals surface area contributed by atoms with E-state index in [0.717, 1.165) is 12.8 Å². The number of carbonyl (C=O) groups is 1. The fourth-order valence-corrected chi connectivity index (χ4v) is 2.09.